The minimum atomic E-state index is -0.994. The van der Waals surface area contributed by atoms with E-state index in [1.807, 2.05) is 37.4 Å². The van der Waals surface area contributed by atoms with Crippen molar-refractivity contribution in [2.75, 3.05) is 0 Å². The fourth-order valence-corrected chi connectivity index (χ4v) is 2.77. The molecule has 128 valence electrons. The van der Waals surface area contributed by atoms with Crippen molar-refractivity contribution in [3.8, 4) is 11.8 Å². The normalized spacial score (nSPS) is 11.1. The van der Waals surface area contributed by atoms with Gasteiger partial charge >= 0.3 is 6.03 Å². The maximum atomic E-state index is 11.9. The van der Waals surface area contributed by atoms with E-state index >= 15 is 0 Å². The van der Waals surface area contributed by atoms with Gasteiger partial charge in [0, 0.05) is 17.1 Å². The van der Waals surface area contributed by atoms with Crippen molar-refractivity contribution in [3.05, 3.63) is 57.9 Å². The number of aryl methyl sites for hydroxylation is 2. The first-order chi connectivity index (χ1) is 11.8. The highest BCUT2D eigenvalue weighted by Crippen LogP contribution is 2.26. The fraction of sp³-hybridized carbons (Fsp3) is 0.211. The van der Waals surface area contributed by atoms with Crippen LogP contribution in [0.15, 0.2) is 29.8 Å². The van der Waals surface area contributed by atoms with E-state index in [2.05, 4.69) is 24.5 Å². The molecule has 0 aliphatic carbocycles. The van der Waals surface area contributed by atoms with Crippen molar-refractivity contribution in [1.82, 2.24) is 9.88 Å². The molecular formula is C19H20N4O2. The van der Waals surface area contributed by atoms with Crippen LogP contribution in [0.1, 0.15) is 28.1 Å². The molecule has 0 spiro atoms. The lowest BCUT2D eigenvalue weighted by Crippen LogP contribution is -2.35. The summed E-state index contributed by atoms with van der Waals surface area (Å²) in [6.45, 7) is 7.99. The third kappa shape index (κ3) is 3.61. The molecule has 0 aliphatic rings. The number of carbonyl (C=O) groups excluding carboxylic acids is 2. The minimum Gasteiger partial charge on any atom is -0.351 e. The first kappa shape index (κ1) is 18.0. The van der Waals surface area contributed by atoms with E-state index in [1.54, 1.807) is 6.07 Å². The summed E-state index contributed by atoms with van der Waals surface area (Å²) >= 11 is 0. The highest BCUT2D eigenvalue weighted by molar-refractivity contribution is 6.08. The number of aromatic nitrogens is 1. The van der Waals surface area contributed by atoms with Gasteiger partial charge in [0.2, 0.25) is 0 Å². The average Bonchev–Trinajstić information content (AvgIpc) is 2.81. The number of nitriles is 1. The van der Waals surface area contributed by atoms with E-state index in [0.29, 0.717) is 0 Å². The lowest BCUT2D eigenvalue weighted by molar-refractivity contribution is -0.115. The first-order valence-corrected chi connectivity index (χ1v) is 7.74. The number of amides is 3. The van der Waals surface area contributed by atoms with Gasteiger partial charge in [0.25, 0.3) is 5.91 Å². The summed E-state index contributed by atoms with van der Waals surface area (Å²) in [5.74, 6) is -0.813. The summed E-state index contributed by atoms with van der Waals surface area (Å²) in [7, 11) is 0. The largest absolute Gasteiger partial charge is 0.351 e. The van der Waals surface area contributed by atoms with Gasteiger partial charge in [-0.2, -0.15) is 5.26 Å². The molecule has 0 fully saturated rings. The number of rotatable bonds is 3. The number of benzene rings is 1. The predicted molar refractivity (Wildman–Crippen MR) is 96.0 cm³/mol. The van der Waals surface area contributed by atoms with Crippen LogP contribution < -0.4 is 11.1 Å². The fourth-order valence-electron chi connectivity index (χ4n) is 2.77. The monoisotopic (exact) mass is 336 g/mol. The molecule has 3 amide bonds. The maximum absolute atomic E-state index is 11.9. The Labute approximate surface area is 146 Å². The Balaban J connectivity index is 2.55. The van der Waals surface area contributed by atoms with E-state index < -0.39 is 11.9 Å². The molecule has 25 heavy (non-hydrogen) atoms. The Kier molecular flexibility index (Phi) is 5.08. The third-order valence-corrected chi connectivity index (χ3v) is 4.19. The second-order valence-corrected chi connectivity index (χ2v) is 5.87. The van der Waals surface area contributed by atoms with Crippen molar-refractivity contribution >= 4 is 18.0 Å². The summed E-state index contributed by atoms with van der Waals surface area (Å²) in [6.07, 6.45) is 1.46. The van der Waals surface area contributed by atoms with Crippen LogP contribution in [-0.4, -0.2) is 16.5 Å². The van der Waals surface area contributed by atoms with E-state index in [9.17, 15) is 14.9 Å². The number of nitrogens with two attached hydrogens (primary N) is 1. The Morgan fingerprint density at radius 2 is 1.92 bits per heavy atom. The number of imide groups is 1. The van der Waals surface area contributed by atoms with E-state index in [0.717, 1.165) is 28.2 Å². The van der Waals surface area contributed by atoms with Crippen molar-refractivity contribution < 1.29 is 9.59 Å². The summed E-state index contributed by atoms with van der Waals surface area (Å²) in [4.78, 5) is 22.7. The Morgan fingerprint density at radius 3 is 2.52 bits per heavy atom. The minimum absolute atomic E-state index is 0.181. The molecule has 0 saturated heterocycles. The molecule has 1 aromatic heterocycles. The first-order valence-electron chi connectivity index (χ1n) is 7.74. The van der Waals surface area contributed by atoms with Gasteiger partial charge in [-0.15, -0.1) is 0 Å². The lowest BCUT2D eigenvalue weighted by Gasteiger charge is -2.14. The number of hydrogen-bond donors (Lipinski definition) is 2. The van der Waals surface area contributed by atoms with Crippen LogP contribution in [0, 0.1) is 39.0 Å². The van der Waals surface area contributed by atoms with Crippen molar-refractivity contribution in [3.63, 3.8) is 0 Å². The van der Waals surface area contributed by atoms with Crippen molar-refractivity contribution in [2.45, 2.75) is 27.7 Å². The van der Waals surface area contributed by atoms with Gasteiger partial charge in [0.15, 0.2) is 0 Å². The number of urea groups is 1. The topological polar surface area (TPSA) is 101 Å². The SMILES string of the molecule is Cc1cccc(-n2c(C)cc(/C=C(/C#N)C(=O)NC(N)=O)c2C)c1C. The molecule has 0 aliphatic heterocycles. The molecule has 0 bridgehead atoms. The van der Waals surface area contributed by atoms with Crippen LogP contribution in [-0.2, 0) is 4.79 Å². The molecule has 3 N–H and O–H groups in total. The molecule has 6 heteroatoms. The standard InChI is InChI=1S/C19H20N4O2/c1-11-6-5-7-17(13(11)3)23-12(2)8-15(14(23)4)9-16(10-20)18(24)22-19(21)25/h5-9H,1-4H3,(H3,21,22,24,25)/b16-9-. The highest BCUT2D eigenvalue weighted by atomic mass is 16.2. The Bertz CT molecular complexity index is 930. The molecule has 2 aromatic rings. The zero-order valence-corrected chi connectivity index (χ0v) is 14.7. The number of primary amides is 1. The predicted octanol–water partition coefficient (Wildman–Crippen LogP) is 2.81. The van der Waals surface area contributed by atoms with Crippen LogP contribution in [0.2, 0.25) is 0 Å². The van der Waals surface area contributed by atoms with Crippen LogP contribution in [0.5, 0.6) is 0 Å². The van der Waals surface area contributed by atoms with Gasteiger partial charge < -0.3 is 10.3 Å². The number of hydrogen-bond acceptors (Lipinski definition) is 3. The summed E-state index contributed by atoms with van der Waals surface area (Å²) in [5.41, 5.74) is 10.7. The van der Waals surface area contributed by atoms with E-state index in [1.165, 1.54) is 11.6 Å². The Morgan fingerprint density at radius 1 is 1.24 bits per heavy atom. The maximum Gasteiger partial charge on any atom is 0.319 e. The highest BCUT2D eigenvalue weighted by Gasteiger charge is 2.15. The quantitative estimate of drug-likeness (QED) is 0.665. The van der Waals surface area contributed by atoms with Crippen LogP contribution in [0.3, 0.4) is 0 Å². The summed E-state index contributed by atoms with van der Waals surface area (Å²) in [5, 5.41) is 11.1. The number of carbonyl (C=O) groups is 2. The van der Waals surface area contributed by atoms with Gasteiger partial charge in [0.1, 0.15) is 11.6 Å². The lowest BCUT2D eigenvalue weighted by atomic mass is 10.1. The van der Waals surface area contributed by atoms with Gasteiger partial charge in [-0.05, 0) is 62.6 Å². The van der Waals surface area contributed by atoms with Gasteiger partial charge in [-0.3, -0.25) is 10.1 Å². The second kappa shape index (κ2) is 7.05. The van der Waals surface area contributed by atoms with E-state index in [-0.39, 0.29) is 5.57 Å². The van der Waals surface area contributed by atoms with Gasteiger partial charge in [-0.1, -0.05) is 12.1 Å². The molecule has 0 unspecified atom stereocenters. The van der Waals surface area contributed by atoms with Crippen molar-refractivity contribution in [1.29, 1.82) is 5.26 Å². The summed E-state index contributed by atoms with van der Waals surface area (Å²) in [6, 6.07) is 8.78. The third-order valence-electron chi connectivity index (χ3n) is 4.19. The molecular weight excluding hydrogens is 316 g/mol. The van der Waals surface area contributed by atoms with Crippen molar-refractivity contribution in [2.24, 2.45) is 5.73 Å². The van der Waals surface area contributed by atoms with Crippen LogP contribution in [0.25, 0.3) is 11.8 Å². The Hall–Kier alpha value is -3.33. The van der Waals surface area contributed by atoms with Gasteiger partial charge in [0.05, 0.1) is 0 Å². The molecule has 2 rings (SSSR count). The van der Waals surface area contributed by atoms with Crippen LogP contribution in [0.4, 0.5) is 4.79 Å². The van der Waals surface area contributed by atoms with Gasteiger partial charge in [-0.25, -0.2) is 4.79 Å². The average molecular weight is 336 g/mol. The molecule has 0 atom stereocenters. The second-order valence-electron chi connectivity index (χ2n) is 5.87. The molecule has 0 saturated carbocycles. The number of nitrogens with zero attached hydrogens (tertiary/aromatic N) is 2. The zero-order chi connectivity index (χ0) is 18.7. The molecule has 6 nitrogen and oxygen atoms in total. The van der Waals surface area contributed by atoms with Crippen LogP contribution >= 0.6 is 0 Å². The smallest absolute Gasteiger partial charge is 0.319 e. The zero-order valence-electron chi connectivity index (χ0n) is 14.7. The summed E-state index contributed by atoms with van der Waals surface area (Å²) < 4.78 is 2.08. The molecule has 1 heterocycles. The van der Waals surface area contributed by atoms with E-state index in [4.69, 9.17) is 5.73 Å². The molecule has 1 aromatic carbocycles. The molecule has 0 radical (unpaired) electrons. The number of nitrogens with one attached hydrogen (secondary N) is 1.